The van der Waals surface area contributed by atoms with Crippen LogP contribution in [0.3, 0.4) is 0 Å². The van der Waals surface area contributed by atoms with Gasteiger partial charge in [-0.2, -0.15) is 0 Å². The Morgan fingerprint density at radius 3 is 2.73 bits per heavy atom. The molecule has 3 aromatic rings. The Morgan fingerprint density at radius 1 is 1.05 bits per heavy atom. The molecule has 0 saturated heterocycles. The van der Waals surface area contributed by atoms with Gasteiger partial charge < -0.3 is 10.1 Å². The van der Waals surface area contributed by atoms with E-state index in [2.05, 4.69) is 36.2 Å². The third kappa shape index (κ3) is 3.71. The van der Waals surface area contributed by atoms with E-state index in [4.69, 9.17) is 4.74 Å². The Hall–Kier alpha value is -2.21. The van der Waals surface area contributed by atoms with Crippen LogP contribution in [0.1, 0.15) is 6.42 Å². The molecule has 3 rings (SSSR count). The lowest BCUT2D eigenvalue weighted by Crippen LogP contribution is -2.09. The van der Waals surface area contributed by atoms with Gasteiger partial charge in [-0.25, -0.2) is 9.97 Å². The fourth-order valence-corrected chi connectivity index (χ4v) is 2.26. The van der Waals surface area contributed by atoms with Crippen LogP contribution in [0.4, 0.5) is 5.95 Å². The van der Waals surface area contributed by atoms with Gasteiger partial charge in [0.2, 0.25) is 5.95 Å². The number of ether oxygens (including phenoxy) is 1. The molecule has 0 aliphatic carbocycles. The molecule has 0 spiro atoms. The highest BCUT2D eigenvalue weighted by atomic mass is 79.9. The molecule has 5 nitrogen and oxygen atoms in total. The molecule has 0 atom stereocenters. The first-order valence-corrected chi connectivity index (χ1v) is 7.80. The molecule has 1 N–H and O–H groups in total. The van der Waals surface area contributed by atoms with Crippen LogP contribution in [0.5, 0.6) is 5.75 Å². The van der Waals surface area contributed by atoms with Crippen molar-refractivity contribution in [1.29, 1.82) is 0 Å². The van der Waals surface area contributed by atoms with Gasteiger partial charge in [-0.1, -0.05) is 18.2 Å². The minimum absolute atomic E-state index is 0.610. The highest BCUT2D eigenvalue weighted by Gasteiger charge is 2.02. The summed E-state index contributed by atoms with van der Waals surface area (Å²) in [4.78, 5) is 12.7. The second-order valence-corrected chi connectivity index (χ2v) is 5.60. The van der Waals surface area contributed by atoms with Crippen molar-refractivity contribution in [3.05, 3.63) is 53.4 Å². The zero-order valence-corrected chi connectivity index (χ0v) is 13.5. The lowest BCUT2D eigenvalue weighted by Gasteiger charge is -2.09. The van der Waals surface area contributed by atoms with Crippen LogP contribution in [0.15, 0.2) is 53.4 Å². The Kier molecular flexibility index (Phi) is 4.80. The molecule has 0 unspecified atom stereocenters. The molecule has 1 aromatic carbocycles. The van der Waals surface area contributed by atoms with Gasteiger partial charge in [0, 0.05) is 30.5 Å². The van der Waals surface area contributed by atoms with Gasteiger partial charge >= 0.3 is 0 Å². The van der Waals surface area contributed by atoms with E-state index in [0.29, 0.717) is 12.6 Å². The zero-order valence-electron chi connectivity index (χ0n) is 11.9. The van der Waals surface area contributed by atoms with Crippen molar-refractivity contribution in [2.45, 2.75) is 6.42 Å². The van der Waals surface area contributed by atoms with E-state index in [0.717, 1.165) is 34.1 Å². The maximum Gasteiger partial charge on any atom is 0.222 e. The van der Waals surface area contributed by atoms with Crippen LogP contribution in [0.2, 0.25) is 0 Å². The van der Waals surface area contributed by atoms with Crippen molar-refractivity contribution in [3.8, 4) is 5.75 Å². The molecule has 6 heteroatoms. The fraction of sp³-hybridized carbons (Fsp3) is 0.188. The van der Waals surface area contributed by atoms with E-state index < -0.39 is 0 Å². The highest BCUT2D eigenvalue weighted by molar-refractivity contribution is 9.10. The largest absolute Gasteiger partial charge is 0.491 e. The van der Waals surface area contributed by atoms with Crippen molar-refractivity contribution in [3.63, 3.8) is 0 Å². The molecule has 0 aliphatic rings. The molecule has 2 aromatic heterocycles. The van der Waals surface area contributed by atoms with Gasteiger partial charge in [0.05, 0.1) is 11.1 Å². The van der Waals surface area contributed by atoms with Crippen molar-refractivity contribution >= 4 is 32.8 Å². The average molecular weight is 359 g/mol. The van der Waals surface area contributed by atoms with Crippen LogP contribution in [0.25, 0.3) is 10.9 Å². The first-order valence-electron chi connectivity index (χ1n) is 7.01. The normalized spacial score (nSPS) is 10.6. The molecule has 22 heavy (non-hydrogen) atoms. The van der Waals surface area contributed by atoms with E-state index in [1.807, 2.05) is 30.3 Å². The van der Waals surface area contributed by atoms with Gasteiger partial charge in [-0.15, -0.1) is 0 Å². The smallest absolute Gasteiger partial charge is 0.222 e. The summed E-state index contributed by atoms with van der Waals surface area (Å²) in [5, 5.41) is 4.24. The van der Waals surface area contributed by atoms with Crippen LogP contribution < -0.4 is 10.1 Å². The van der Waals surface area contributed by atoms with E-state index in [1.165, 1.54) is 0 Å². The molecule has 0 saturated carbocycles. The van der Waals surface area contributed by atoms with Gasteiger partial charge in [0.25, 0.3) is 0 Å². The van der Waals surface area contributed by atoms with E-state index in [-0.39, 0.29) is 0 Å². The molecule has 0 radical (unpaired) electrons. The zero-order chi connectivity index (χ0) is 15.2. The number of aromatic nitrogens is 3. The molecular weight excluding hydrogens is 344 g/mol. The predicted molar refractivity (Wildman–Crippen MR) is 90.1 cm³/mol. The SMILES string of the molecule is Brc1cnc(NCCCOc2cccc3cccnc23)nc1. The Balaban J connectivity index is 1.49. The number of rotatable bonds is 6. The Bertz CT molecular complexity index is 743. The molecular formula is C16H15BrN4O. The summed E-state index contributed by atoms with van der Waals surface area (Å²) in [6.45, 7) is 1.36. The van der Waals surface area contributed by atoms with E-state index in [1.54, 1.807) is 18.6 Å². The van der Waals surface area contributed by atoms with Crippen molar-refractivity contribution in [1.82, 2.24) is 15.0 Å². The molecule has 0 amide bonds. The average Bonchev–Trinajstić information content (AvgIpc) is 2.56. The van der Waals surface area contributed by atoms with Crippen molar-refractivity contribution in [2.75, 3.05) is 18.5 Å². The number of nitrogens with zero attached hydrogens (tertiary/aromatic N) is 3. The van der Waals surface area contributed by atoms with Gasteiger partial charge in [0.15, 0.2) is 0 Å². The summed E-state index contributed by atoms with van der Waals surface area (Å²) in [5.41, 5.74) is 0.897. The minimum atomic E-state index is 0.610. The topological polar surface area (TPSA) is 59.9 Å². The monoisotopic (exact) mass is 358 g/mol. The van der Waals surface area contributed by atoms with E-state index >= 15 is 0 Å². The van der Waals surface area contributed by atoms with Crippen molar-refractivity contribution in [2.24, 2.45) is 0 Å². The second-order valence-electron chi connectivity index (χ2n) is 4.68. The lowest BCUT2D eigenvalue weighted by atomic mass is 10.2. The van der Waals surface area contributed by atoms with Crippen LogP contribution in [0, 0.1) is 0 Å². The summed E-state index contributed by atoms with van der Waals surface area (Å²) in [6.07, 6.45) is 6.06. The number of nitrogens with one attached hydrogen (secondary N) is 1. The van der Waals surface area contributed by atoms with Crippen LogP contribution in [-0.2, 0) is 0 Å². The van der Waals surface area contributed by atoms with Gasteiger partial charge in [-0.3, -0.25) is 4.98 Å². The Morgan fingerprint density at radius 2 is 1.86 bits per heavy atom. The third-order valence-corrected chi connectivity index (χ3v) is 3.49. The van der Waals surface area contributed by atoms with Crippen LogP contribution >= 0.6 is 15.9 Å². The summed E-state index contributed by atoms with van der Waals surface area (Å²) in [5.74, 6) is 1.44. The number of anilines is 1. The number of benzene rings is 1. The Labute approximate surface area is 136 Å². The lowest BCUT2D eigenvalue weighted by molar-refractivity contribution is 0.318. The maximum atomic E-state index is 5.83. The number of hydrogen-bond acceptors (Lipinski definition) is 5. The van der Waals surface area contributed by atoms with Gasteiger partial charge in [-0.05, 0) is 34.5 Å². The van der Waals surface area contributed by atoms with E-state index in [9.17, 15) is 0 Å². The number of para-hydroxylation sites is 1. The first-order chi connectivity index (χ1) is 10.8. The second kappa shape index (κ2) is 7.17. The summed E-state index contributed by atoms with van der Waals surface area (Å²) < 4.78 is 6.69. The molecule has 112 valence electrons. The summed E-state index contributed by atoms with van der Waals surface area (Å²) in [7, 11) is 0. The first kappa shape index (κ1) is 14.7. The number of halogens is 1. The van der Waals surface area contributed by atoms with Crippen molar-refractivity contribution < 1.29 is 4.74 Å². The quantitative estimate of drug-likeness (QED) is 0.681. The third-order valence-electron chi connectivity index (χ3n) is 3.08. The highest BCUT2D eigenvalue weighted by Crippen LogP contribution is 2.22. The molecule has 2 heterocycles. The molecule has 0 bridgehead atoms. The maximum absolute atomic E-state index is 5.83. The number of fused-ring (bicyclic) bond motifs is 1. The molecule has 0 aliphatic heterocycles. The standard InChI is InChI=1S/C16H15BrN4O/c17-13-10-20-16(21-11-13)19-8-3-9-22-14-6-1-4-12-5-2-7-18-15(12)14/h1-2,4-7,10-11H,3,8-9H2,(H,19,20,21). The minimum Gasteiger partial charge on any atom is -0.491 e. The number of hydrogen-bond donors (Lipinski definition) is 1. The van der Waals surface area contributed by atoms with Crippen LogP contribution in [-0.4, -0.2) is 28.1 Å². The summed E-state index contributed by atoms with van der Waals surface area (Å²) in [6, 6.07) is 9.91. The summed E-state index contributed by atoms with van der Waals surface area (Å²) >= 11 is 3.31. The predicted octanol–water partition coefficient (Wildman–Crippen LogP) is 3.67. The molecule has 0 fully saturated rings. The number of pyridine rings is 1. The van der Waals surface area contributed by atoms with Gasteiger partial charge in [0.1, 0.15) is 11.3 Å². The fourth-order valence-electron chi connectivity index (χ4n) is 2.05.